The van der Waals surface area contributed by atoms with Crippen molar-refractivity contribution in [3.8, 4) is 0 Å². The second-order valence-electron chi connectivity index (χ2n) is 5.09. The Morgan fingerprint density at radius 3 is 2.56 bits per heavy atom. The van der Waals surface area contributed by atoms with Crippen LogP contribution in [0.15, 0.2) is 12.1 Å². The summed E-state index contributed by atoms with van der Waals surface area (Å²) in [6.07, 6.45) is 4.27. The smallest absolute Gasteiger partial charge is 0.253 e. The van der Waals surface area contributed by atoms with Crippen LogP contribution in [-0.4, -0.2) is 11.4 Å². The number of carbonyl (C=O) groups excluding carboxylic acids is 1. The second kappa shape index (κ2) is 4.98. The number of rotatable bonds is 2. The maximum Gasteiger partial charge on any atom is 0.253 e. The fourth-order valence-corrected chi connectivity index (χ4v) is 2.82. The van der Waals surface area contributed by atoms with Gasteiger partial charge in [0, 0.05) is 11.2 Å². The first-order valence-corrected chi connectivity index (χ1v) is 6.74. The number of amides is 1. The predicted molar refractivity (Wildman–Crippen MR) is 75.2 cm³/mol. The molecule has 2 rings (SSSR count). The molecule has 0 aliphatic heterocycles. The van der Waals surface area contributed by atoms with Crippen molar-refractivity contribution < 1.29 is 4.79 Å². The van der Waals surface area contributed by atoms with E-state index in [1.54, 1.807) is 6.07 Å². The van der Waals surface area contributed by atoms with Crippen molar-refractivity contribution in [2.75, 3.05) is 5.73 Å². The van der Waals surface area contributed by atoms with Crippen LogP contribution in [0.3, 0.4) is 0 Å². The van der Waals surface area contributed by atoms with Gasteiger partial charge in [0.2, 0.25) is 0 Å². The molecule has 0 unspecified atom stereocenters. The van der Waals surface area contributed by atoms with Gasteiger partial charge in [-0.05, 0) is 31.9 Å². The summed E-state index contributed by atoms with van der Waals surface area (Å²) in [5.41, 5.74) is 6.32. The Bertz CT molecular complexity index is 482. The number of hydrogen-bond acceptors (Lipinski definition) is 2. The average molecular weight is 287 g/mol. The van der Waals surface area contributed by atoms with Crippen molar-refractivity contribution in [2.45, 2.75) is 38.1 Å². The number of nitrogen functional groups attached to an aromatic ring is 1. The molecule has 0 heterocycles. The van der Waals surface area contributed by atoms with Gasteiger partial charge < -0.3 is 11.1 Å². The van der Waals surface area contributed by atoms with Gasteiger partial charge in [-0.1, -0.05) is 36.0 Å². The number of carbonyl (C=O) groups is 1. The van der Waals surface area contributed by atoms with Crippen LogP contribution in [0.4, 0.5) is 5.69 Å². The lowest BCUT2D eigenvalue weighted by Crippen LogP contribution is -2.43. The van der Waals surface area contributed by atoms with E-state index in [4.69, 9.17) is 28.9 Å². The van der Waals surface area contributed by atoms with E-state index in [-0.39, 0.29) is 16.5 Å². The molecule has 0 spiro atoms. The summed E-state index contributed by atoms with van der Waals surface area (Å²) in [4.78, 5) is 12.2. The van der Waals surface area contributed by atoms with Crippen molar-refractivity contribution in [2.24, 2.45) is 0 Å². The molecule has 1 aromatic carbocycles. The normalized spacial score (nSPS) is 17.7. The lowest BCUT2D eigenvalue weighted by Gasteiger charge is -2.25. The zero-order chi connectivity index (χ0) is 13.3. The number of nitrogens with one attached hydrogen (secondary N) is 1. The minimum absolute atomic E-state index is 0.141. The minimum Gasteiger partial charge on any atom is -0.399 e. The first kappa shape index (κ1) is 13.5. The summed E-state index contributed by atoms with van der Waals surface area (Å²) in [5.74, 6) is -0.210. The van der Waals surface area contributed by atoms with E-state index in [1.165, 1.54) is 6.07 Å². The van der Waals surface area contributed by atoms with Gasteiger partial charge in [-0.3, -0.25) is 4.79 Å². The summed E-state index contributed by atoms with van der Waals surface area (Å²) in [5, 5.41) is 3.59. The number of halogens is 2. The topological polar surface area (TPSA) is 55.1 Å². The Labute approximate surface area is 117 Å². The molecule has 98 valence electrons. The maximum absolute atomic E-state index is 12.2. The third kappa shape index (κ3) is 2.73. The SMILES string of the molecule is CC1(NC(=O)c2cc(N)cc(Cl)c2Cl)CCCC1. The van der Waals surface area contributed by atoms with E-state index in [0.717, 1.165) is 25.7 Å². The highest BCUT2D eigenvalue weighted by molar-refractivity contribution is 6.44. The quantitative estimate of drug-likeness (QED) is 0.816. The molecule has 18 heavy (non-hydrogen) atoms. The molecule has 3 nitrogen and oxygen atoms in total. The van der Waals surface area contributed by atoms with Crippen molar-refractivity contribution in [1.29, 1.82) is 0 Å². The molecule has 1 fully saturated rings. The number of benzene rings is 1. The lowest BCUT2D eigenvalue weighted by molar-refractivity contribution is 0.0908. The highest BCUT2D eigenvalue weighted by Crippen LogP contribution is 2.32. The second-order valence-corrected chi connectivity index (χ2v) is 5.87. The van der Waals surface area contributed by atoms with E-state index in [2.05, 4.69) is 12.2 Å². The molecule has 0 aromatic heterocycles. The van der Waals surface area contributed by atoms with Crippen molar-refractivity contribution in [1.82, 2.24) is 5.32 Å². The number of anilines is 1. The van der Waals surface area contributed by atoms with Crippen LogP contribution in [0.5, 0.6) is 0 Å². The summed E-state index contributed by atoms with van der Waals surface area (Å²) < 4.78 is 0. The summed E-state index contributed by atoms with van der Waals surface area (Å²) in [6.45, 7) is 2.06. The van der Waals surface area contributed by atoms with Crippen LogP contribution in [0, 0.1) is 0 Å². The molecule has 3 N–H and O–H groups in total. The summed E-state index contributed by atoms with van der Waals surface area (Å²) >= 11 is 12.0. The van der Waals surface area contributed by atoms with Gasteiger partial charge in [-0.2, -0.15) is 0 Å². The van der Waals surface area contributed by atoms with Crippen molar-refractivity contribution >= 4 is 34.8 Å². The van der Waals surface area contributed by atoms with E-state index >= 15 is 0 Å². The molecule has 0 atom stereocenters. The fraction of sp³-hybridized carbons (Fsp3) is 0.462. The highest BCUT2D eigenvalue weighted by Gasteiger charge is 2.31. The molecule has 5 heteroatoms. The van der Waals surface area contributed by atoms with Crippen molar-refractivity contribution in [3.63, 3.8) is 0 Å². The number of hydrogen-bond donors (Lipinski definition) is 2. The molecule has 1 saturated carbocycles. The van der Waals surface area contributed by atoms with E-state index in [9.17, 15) is 4.79 Å². The molecule has 0 radical (unpaired) electrons. The largest absolute Gasteiger partial charge is 0.399 e. The molecule has 1 aliphatic rings. The van der Waals surface area contributed by atoms with E-state index in [1.807, 2.05) is 0 Å². The fourth-order valence-electron chi connectivity index (χ4n) is 2.40. The third-order valence-corrected chi connectivity index (χ3v) is 4.22. The van der Waals surface area contributed by atoms with Gasteiger partial charge in [-0.15, -0.1) is 0 Å². The van der Waals surface area contributed by atoms with E-state index in [0.29, 0.717) is 16.3 Å². The maximum atomic E-state index is 12.2. The first-order chi connectivity index (χ1) is 8.41. The highest BCUT2D eigenvalue weighted by atomic mass is 35.5. The summed E-state index contributed by atoms with van der Waals surface area (Å²) in [6, 6.07) is 3.10. The van der Waals surface area contributed by atoms with Crippen LogP contribution < -0.4 is 11.1 Å². The van der Waals surface area contributed by atoms with Gasteiger partial charge >= 0.3 is 0 Å². The van der Waals surface area contributed by atoms with Crippen LogP contribution in [-0.2, 0) is 0 Å². The van der Waals surface area contributed by atoms with Gasteiger partial charge in [0.25, 0.3) is 5.91 Å². The molecule has 1 aliphatic carbocycles. The first-order valence-electron chi connectivity index (χ1n) is 5.98. The molecular formula is C13H16Cl2N2O. The Balaban J connectivity index is 2.23. The summed E-state index contributed by atoms with van der Waals surface area (Å²) in [7, 11) is 0. The van der Waals surface area contributed by atoms with Gasteiger partial charge in [0.05, 0.1) is 15.6 Å². The van der Waals surface area contributed by atoms with Crippen LogP contribution >= 0.6 is 23.2 Å². The minimum atomic E-state index is -0.210. The molecule has 0 saturated heterocycles. The standard InChI is InChI=1S/C13H16Cl2N2O/c1-13(4-2-3-5-13)17-12(18)9-6-8(16)7-10(14)11(9)15/h6-7H,2-5,16H2,1H3,(H,17,18). The van der Waals surface area contributed by atoms with Gasteiger partial charge in [0.1, 0.15) is 0 Å². The van der Waals surface area contributed by atoms with E-state index < -0.39 is 0 Å². The molecule has 1 aromatic rings. The predicted octanol–water partition coefficient (Wildman–Crippen LogP) is 3.64. The van der Waals surface area contributed by atoms with Crippen LogP contribution in [0.1, 0.15) is 43.0 Å². The van der Waals surface area contributed by atoms with Gasteiger partial charge in [0.15, 0.2) is 0 Å². The zero-order valence-electron chi connectivity index (χ0n) is 10.2. The monoisotopic (exact) mass is 286 g/mol. The number of nitrogens with two attached hydrogens (primary N) is 1. The van der Waals surface area contributed by atoms with Crippen LogP contribution in [0.25, 0.3) is 0 Å². The Morgan fingerprint density at radius 2 is 1.94 bits per heavy atom. The Kier molecular flexibility index (Phi) is 3.74. The van der Waals surface area contributed by atoms with Crippen LogP contribution in [0.2, 0.25) is 10.0 Å². The average Bonchev–Trinajstić information content (AvgIpc) is 2.70. The Morgan fingerprint density at radius 1 is 1.33 bits per heavy atom. The zero-order valence-corrected chi connectivity index (χ0v) is 11.7. The molecule has 1 amide bonds. The van der Waals surface area contributed by atoms with Crippen molar-refractivity contribution in [3.05, 3.63) is 27.7 Å². The molecule has 0 bridgehead atoms. The Hall–Kier alpha value is -0.930. The lowest BCUT2D eigenvalue weighted by atomic mass is 10.00. The molecular weight excluding hydrogens is 271 g/mol. The third-order valence-electron chi connectivity index (χ3n) is 3.42. The van der Waals surface area contributed by atoms with Gasteiger partial charge in [-0.25, -0.2) is 0 Å².